The average Bonchev–Trinajstić information content (AvgIpc) is 3.35. The Morgan fingerprint density at radius 1 is 1.14 bits per heavy atom. The number of pyridine rings is 1. The number of rotatable bonds is 3. The van der Waals surface area contributed by atoms with Crippen LogP contribution < -0.4 is 5.32 Å². The van der Waals surface area contributed by atoms with Crippen molar-refractivity contribution in [2.24, 2.45) is 0 Å². The van der Waals surface area contributed by atoms with E-state index in [1.54, 1.807) is 11.3 Å². The van der Waals surface area contributed by atoms with Crippen LogP contribution in [0.15, 0.2) is 48.8 Å². The number of thiazole rings is 1. The summed E-state index contributed by atoms with van der Waals surface area (Å²) in [6.45, 7) is 1.89. The quantitative estimate of drug-likeness (QED) is 0.518. The summed E-state index contributed by atoms with van der Waals surface area (Å²) in [4.78, 5) is 23.8. The number of piperidine rings is 1. The molecule has 1 saturated heterocycles. The molecule has 3 aromatic heterocycles. The fraction of sp³-hybridized carbons (Fsp3) is 0.286. The second-order valence-corrected chi connectivity index (χ2v) is 8.78. The number of fused-ring (bicyclic) bond motifs is 2. The van der Waals surface area contributed by atoms with E-state index in [0.717, 1.165) is 42.8 Å². The van der Waals surface area contributed by atoms with Crippen molar-refractivity contribution in [3.05, 3.63) is 64.5 Å². The van der Waals surface area contributed by atoms with Crippen LogP contribution in [0.1, 0.15) is 29.5 Å². The first-order valence-electron chi connectivity index (χ1n) is 9.67. The van der Waals surface area contributed by atoms with Crippen LogP contribution in [0, 0.1) is 0 Å². The summed E-state index contributed by atoms with van der Waals surface area (Å²) in [7, 11) is 0. The van der Waals surface area contributed by atoms with Crippen LogP contribution in [-0.2, 0) is 6.54 Å². The molecule has 0 bridgehead atoms. The molecule has 5 rings (SSSR count). The van der Waals surface area contributed by atoms with Gasteiger partial charge in [0.2, 0.25) is 0 Å². The van der Waals surface area contributed by atoms with Gasteiger partial charge in [-0.15, -0.1) is 11.3 Å². The number of aromatic nitrogens is 3. The molecule has 1 aromatic carbocycles. The van der Waals surface area contributed by atoms with Crippen LogP contribution in [0.4, 0.5) is 4.79 Å². The predicted molar refractivity (Wildman–Crippen MR) is 116 cm³/mol. The number of amides is 2. The number of hydrogen-bond donors (Lipinski definition) is 1. The number of benzene rings is 1. The van der Waals surface area contributed by atoms with Gasteiger partial charge in [-0.25, -0.2) is 14.8 Å². The fourth-order valence-electron chi connectivity index (χ4n) is 3.77. The molecular formula is C21H20ClN5OS. The van der Waals surface area contributed by atoms with Crippen LogP contribution in [-0.4, -0.2) is 38.4 Å². The molecule has 6 nitrogen and oxygen atoms in total. The highest BCUT2D eigenvalue weighted by atomic mass is 35.5. The van der Waals surface area contributed by atoms with Crippen LogP contribution in [0.2, 0.25) is 5.02 Å². The van der Waals surface area contributed by atoms with Crippen LogP contribution >= 0.6 is 22.9 Å². The van der Waals surface area contributed by atoms with Crippen LogP contribution in [0.5, 0.6) is 0 Å². The second kappa shape index (κ2) is 7.65. The minimum Gasteiger partial charge on any atom is -0.332 e. The van der Waals surface area contributed by atoms with E-state index in [-0.39, 0.29) is 6.03 Å². The van der Waals surface area contributed by atoms with Crippen molar-refractivity contribution in [1.82, 2.24) is 24.6 Å². The number of urea groups is 1. The highest BCUT2D eigenvalue weighted by molar-refractivity contribution is 7.18. The number of likely N-dealkylation sites (tertiary alicyclic amines) is 1. The monoisotopic (exact) mass is 425 g/mol. The lowest BCUT2D eigenvalue weighted by Gasteiger charge is -2.31. The maximum absolute atomic E-state index is 12.6. The summed E-state index contributed by atoms with van der Waals surface area (Å²) in [5.74, 6) is 0.430. The summed E-state index contributed by atoms with van der Waals surface area (Å²) in [6.07, 6.45) is 5.59. The molecule has 2 amide bonds. The van der Waals surface area contributed by atoms with Crippen LogP contribution in [0.25, 0.3) is 15.9 Å². The summed E-state index contributed by atoms with van der Waals surface area (Å²) < 4.78 is 3.10. The van der Waals surface area contributed by atoms with E-state index in [2.05, 4.69) is 28.5 Å². The molecule has 1 fully saturated rings. The summed E-state index contributed by atoms with van der Waals surface area (Å²) in [6, 6.07) is 11.9. The normalized spacial score (nSPS) is 15.3. The standard InChI is InChI=1S/C21H20ClN5OS/c22-15-5-6-19-24-16(13-27(19)12-15)11-23-21(28)26-9-7-14(8-10-26)20-25-17-3-1-2-4-18(17)29-20/h1-6,12-14H,7-11H2,(H,23,28). The fourth-order valence-corrected chi connectivity index (χ4v) is 5.08. The van der Waals surface area contributed by atoms with Gasteiger partial charge in [0.15, 0.2) is 0 Å². The molecule has 0 spiro atoms. The molecule has 1 aliphatic heterocycles. The van der Waals surface area contributed by atoms with Gasteiger partial charge in [0.05, 0.1) is 32.5 Å². The van der Waals surface area contributed by atoms with Crippen molar-refractivity contribution in [3.8, 4) is 0 Å². The third-order valence-corrected chi connectivity index (χ3v) is 6.75. The third kappa shape index (κ3) is 3.80. The van der Waals surface area contributed by atoms with Crippen molar-refractivity contribution in [2.75, 3.05) is 13.1 Å². The van der Waals surface area contributed by atoms with Gasteiger partial charge in [0, 0.05) is 31.4 Å². The number of nitrogens with one attached hydrogen (secondary N) is 1. The number of carbonyl (C=O) groups is 1. The van der Waals surface area contributed by atoms with Gasteiger partial charge in [0.25, 0.3) is 0 Å². The molecule has 8 heteroatoms. The minimum absolute atomic E-state index is 0.0390. The first-order valence-corrected chi connectivity index (χ1v) is 10.9. The Kier molecular flexibility index (Phi) is 4.85. The Morgan fingerprint density at radius 2 is 1.97 bits per heavy atom. The Balaban J connectivity index is 1.17. The first kappa shape index (κ1) is 18.4. The Hall–Kier alpha value is -2.64. The number of hydrogen-bond acceptors (Lipinski definition) is 4. The zero-order valence-corrected chi connectivity index (χ0v) is 17.3. The molecule has 0 aliphatic carbocycles. The Morgan fingerprint density at radius 3 is 2.79 bits per heavy atom. The maximum atomic E-state index is 12.6. The summed E-state index contributed by atoms with van der Waals surface area (Å²) in [5.41, 5.74) is 2.70. The van der Waals surface area contributed by atoms with Gasteiger partial charge in [-0.1, -0.05) is 23.7 Å². The molecule has 4 aromatic rings. The van der Waals surface area contributed by atoms with E-state index >= 15 is 0 Å². The maximum Gasteiger partial charge on any atom is 0.317 e. The van der Waals surface area contributed by atoms with Gasteiger partial charge < -0.3 is 14.6 Å². The Labute approximate surface area is 177 Å². The van der Waals surface area contributed by atoms with E-state index < -0.39 is 0 Å². The number of nitrogens with zero attached hydrogens (tertiary/aromatic N) is 4. The first-order chi connectivity index (χ1) is 14.2. The smallest absolute Gasteiger partial charge is 0.317 e. The van der Waals surface area contributed by atoms with Gasteiger partial charge in [-0.2, -0.15) is 0 Å². The lowest BCUT2D eigenvalue weighted by Crippen LogP contribution is -2.43. The van der Waals surface area contributed by atoms with Gasteiger partial charge >= 0.3 is 6.03 Å². The second-order valence-electron chi connectivity index (χ2n) is 7.28. The van der Waals surface area contributed by atoms with E-state index in [0.29, 0.717) is 17.5 Å². The largest absolute Gasteiger partial charge is 0.332 e. The number of halogens is 1. The number of carbonyl (C=O) groups excluding carboxylic acids is 1. The van der Waals surface area contributed by atoms with E-state index in [1.165, 1.54) is 9.71 Å². The average molecular weight is 426 g/mol. The zero-order chi connectivity index (χ0) is 19.8. The molecule has 0 unspecified atom stereocenters. The highest BCUT2D eigenvalue weighted by Gasteiger charge is 2.25. The molecule has 0 saturated carbocycles. The third-order valence-electron chi connectivity index (χ3n) is 5.33. The van der Waals surface area contributed by atoms with Gasteiger partial charge in [-0.05, 0) is 37.1 Å². The van der Waals surface area contributed by atoms with Crippen molar-refractivity contribution in [1.29, 1.82) is 0 Å². The molecule has 4 heterocycles. The number of para-hydroxylation sites is 1. The molecule has 29 heavy (non-hydrogen) atoms. The van der Waals surface area contributed by atoms with E-state index in [4.69, 9.17) is 16.6 Å². The molecule has 0 radical (unpaired) electrons. The summed E-state index contributed by atoms with van der Waals surface area (Å²) in [5, 5.41) is 4.83. The topological polar surface area (TPSA) is 62.5 Å². The van der Waals surface area contributed by atoms with Crippen molar-refractivity contribution in [3.63, 3.8) is 0 Å². The molecular weight excluding hydrogens is 406 g/mol. The van der Waals surface area contributed by atoms with E-state index in [9.17, 15) is 4.79 Å². The minimum atomic E-state index is -0.0390. The molecule has 1 aliphatic rings. The molecule has 0 atom stereocenters. The number of imidazole rings is 1. The predicted octanol–water partition coefficient (Wildman–Crippen LogP) is 4.69. The van der Waals surface area contributed by atoms with Crippen molar-refractivity contribution in [2.45, 2.75) is 25.3 Å². The van der Waals surface area contributed by atoms with E-state index in [1.807, 2.05) is 39.9 Å². The summed E-state index contributed by atoms with van der Waals surface area (Å²) >= 11 is 7.78. The van der Waals surface area contributed by atoms with Gasteiger partial charge in [-0.3, -0.25) is 0 Å². The lowest BCUT2D eigenvalue weighted by molar-refractivity contribution is 0.181. The lowest BCUT2D eigenvalue weighted by atomic mass is 9.98. The van der Waals surface area contributed by atoms with Crippen molar-refractivity contribution < 1.29 is 4.79 Å². The SMILES string of the molecule is O=C(NCc1cn2cc(Cl)ccc2n1)N1CCC(c2nc3ccccc3s2)CC1. The molecule has 1 N–H and O–H groups in total. The zero-order valence-electron chi connectivity index (χ0n) is 15.7. The van der Waals surface area contributed by atoms with Crippen LogP contribution in [0.3, 0.4) is 0 Å². The van der Waals surface area contributed by atoms with Crippen molar-refractivity contribution >= 4 is 44.8 Å². The molecule has 148 valence electrons. The Bertz CT molecular complexity index is 1150. The van der Waals surface area contributed by atoms with Gasteiger partial charge in [0.1, 0.15) is 5.65 Å². The highest BCUT2D eigenvalue weighted by Crippen LogP contribution is 2.33.